The largest absolute Gasteiger partial charge is 0.461 e. The van der Waals surface area contributed by atoms with Crippen molar-refractivity contribution < 1.29 is 9.13 Å². The van der Waals surface area contributed by atoms with Gasteiger partial charge in [-0.15, -0.1) is 0 Å². The van der Waals surface area contributed by atoms with Crippen LogP contribution in [0.5, 0.6) is 0 Å². The van der Waals surface area contributed by atoms with Crippen LogP contribution in [0.15, 0.2) is 24.3 Å². The van der Waals surface area contributed by atoms with Crippen LogP contribution >= 0.6 is 12.2 Å². The molecule has 5 fully saturated rings. The predicted molar refractivity (Wildman–Crippen MR) is 159 cm³/mol. The minimum absolute atomic E-state index is 0.153. The van der Waals surface area contributed by atoms with Crippen LogP contribution in [0.25, 0.3) is 0 Å². The molecule has 6 rings (SSSR count). The molecule has 0 N–H and O–H groups in total. The normalized spacial score (nSPS) is 42.8. The molecule has 0 aromatic heterocycles. The summed E-state index contributed by atoms with van der Waals surface area (Å²) in [4.78, 5) is 2.31. The molecule has 1 aromatic rings. The molecule has 210 valence electrons. The van der Waals surface area contributed by atoms with Crippen LogP contribution in [-0.4, -0.2) is 16.8 Å². The fraction of sp³-hybridized carbons (Fsp3) is 0.794. The number of hydrogen-bond donors (Lipinski definition) is 0. The van der Waals surface area contributed by atoms with Gasteiger partial charge in [-0.2, -0.15) is 0 Å². The van der Waals surface area contributed by atoms with Crippen molar-refractivity contribution in [3.63, 3.8) is 0 Å². The summed E-state index contributed by atoms with van der Waals surface area (Å²) >= 11 is 5.98. The molecule has 1 aliphatic heterocycles. The first-order valence-electron chi connectivity index (χ1n) is 15.9. The van der Waals surface area contributed by atoms with E-state index in [2.05, 4.69) is 39.5 Å². The summed E-state index contributed by atoms with van der Waals surface area (Å²) in [5.41, 5.74) is 1.42. The zero-order valence-electron chi connectivity index (χ0n) is 24.5. The molecule has 5 aliphatic rings. The zero-order chi connectivity index (χ0) is 26.9. The Bertz CT molecular complexity index is 1040. The molecule has 9 atom stereocenters. The second kappa shape index (κ2) is 9.74. The van der Waals surface area contributed by atoms with Crippen molar-refractivity contribution in [2.75, 3.05) is 4.90 Å². The van der Waals surface area contributed by atoms with E-state index in [-0.39, 0.29) is 22.9 Å². The Kier molecular flexibility index (Phi) is 6.93. The average Bonchev–Trinajstić information content (AvgIpc) is 3.37. The number of fused-ring (bicyclic) bond motifs is 4. The minimum Gasteiger partial charge on any atom is -0.461 e. The molecule has 1 spiro atoms. The van der Waals surface area contributed by atoms with E-state index in [0.717, 1.165) is 47.6 Å². The SMILES string of the molecule is CC(C)CCC[C@@H](C)[C@H]1CC[C@H]2[C@@H]3C[C@@H]4N(c5ccc(F)cc5)C(=S)O[C@@]45CCCC[C@]5(C)[C@H]3CC[C@]12C. The fourth-order valence-corrected chi connectivity index (χ4v) is 11.5. The number of halogens is 1. The molecule has 4 saturated carbocycles. The van der Waals surface area contributed by atoms with Crippen molar-refractivity contribution in [2.24, 2.45) is 46.3 Å². The summed E-state index contributed by atoms with van der Waals surface area (Å²) in [5, 5.41) is 0.624. The fourth-order valence-electron chi connectivity index (χ4n) is 11.1. The number of hydrogen-bond acceptors (Lipinski definition) is 2. The highest BCUT2D eigenvalue weighted by atomic mass is 32.1. The Morgan fingerprint density at radius 1 is 0.974 bits per heavy atom. The molecule has 4 heteroatoms. The minimum atomic E-state index is -0.201. The van der Waals surface area contributed by atoms with Gasteiger partial charge in [0.25, 0.3) is 5.17 Å². The van der Waals surface area contributed by atoms with E-state index < -0.39 is 0 Å². The molecule has 38 heavy (non-hydrogen) atoms. The highest BCUT2D eigenvalue weighted by Crippen LogP contribution is 2.71. The number of thiocarbonyl (C=S) groups is 1. The topological polar surface area (TPSA) is 12.5 Å². The van der Waals surface area contributed by atoms with Crippen LogP contribution in [0.3, 0.4) is 0 Å². The Balaban J connectivity index is 1.32. The van der Waals surface area contributed by atoms with E-state index >= 15 is 0 Å². The number of anilines is 1. The van der Waals surface area contributed by atoms with Crippen LogP contribution in [-0.2, 0) is 4.74 Å². The Morgan fingerprint density at radius 2 is 1.71 bits per heavy atom. The van der Waals surface area contributed by atoms with Crippen molar-refractivity contribution in [2.45, 2.75) is 123 Å². The maximum Gasteiger partial charge on any atom is 0.264 e. The van der Waals surface area contributed by atoms with E-state index in [4.69, 9.17) is 17.0 Å². The third-order valence-electron chi connectivity index (χ3n) is 12.8. The lowest BCUT2D eigenvalue weighted by Crippen LogP contribution is -2.67. The van der Waals surface area contributed by atoms with E-state index in [0.29, 0.717) is 10.6 Å². The Morgan fingerprint density at radius 3 is 2.45 bits per heavy atom. The van der Waals surface area contributed by atoms with Gasteiger partial charge in [-0.25, -0.2) is 4.39 Å². The molecule has 0 unspecified atom stereocenters. The third kappa shape index (κ3) is 3.92. The number of rotatable bonds is 6. The number of ether oxygens (including phenoxy) is 1. The van der Waals surface area contributed by atoms with Crippen molar-refractivity contribution in [1.29, 1.82) is 0 Å². The molecule has 0 radical (unpaired) electrons. The quantitative estimate of drug-likeness (QED) is 0.334. The maximum atomic E-state index is 13.9. The van der Waals surface area contributed by atoms with Crippen LogP contribution in [0, 0.1) is 52.2 Å². The van der Waals surface area contributed by atoms with Gasteiger partial charge in [0.1, 0.15) is 11.4 Å². The smallest absolute Gasteiger partial charge is 0.264 e. The van der Waals surface area contributed by atoms with Gasteiger partial charge in [0.15, 0.2) is 0 Å². The molecule has 0 amide bonds. The van der Waals surface area contributed by atoms with Gasteiger partial charge in [-0.05, 0) is 129 Å². The van der Waals surface area contributed by atoms with Gasteiger partial charge < -0.3 is 4.74 Å². The second-order valence-electron chi connectivity index (χ2n) is 14.9. The lowest BCUT2D eigenvalue weighted by atomic mass is 9.42. The van der Waals surface area contributed by atoms with Crippen LogP contribution < -0.4 is 4.90 Å². The average molecular weight is 540 g/mol. The highest BCUT2D eigenvalue weighted by molar-refractivity contribution is 7.80. The molecule has 0 bridgehead atoms. The monoisotopic (exact) mass is 539 g/mol. The standard InChI is InChI=1S/C34H50FNOS/c1-22(2)9-8-10-23(3)27-15-16-28-26-21-30-34(37-31(38)36(30)25-13-11-24(35)12-14-25)19-7-6-18-33(34,5)29(26)17-20-32(27,28)4/h11-14,22-23,26-30H,6-10,15-21H2,1-5H3/t23-,26+,27-,28+,29+,30+,32-,33-,34+/m1/s1. The van der Waals surface area contributed by atoms with Gasteiger partial charge in [-0.1, -0.05) is 60.3 Å². The molecule has 4 aliphatic carbocycles. The van der Waals surface area contributed by atoms with E-state index in [1.54, 1.807) is 12.1 Å². The van der Waals surface area contributed by atoms with Crippen LogP contribution in [0.2, 0.25) is 0 Å². The molecular weight excluding hydrogens is 489 g/mol. The predicted octanol–water partition coefficient (Wildman–Crippen LogP) is 9.56. The molecular formula is C34H50FNOS. The van der Waals surface area contributed by atoms with Gasteiger partial charge in [0.2, 0.25) is 0 Å². The zero-order valence-corrected chi connectivity index (χ0v) is 25.3. The first-order chi connectivity index (χ1) is 18.1. The molecule has 2 nitrogen and oxygen atoms in total. The molecule has 1 heterocycles. The third-order valence-corrected chi connectivity index (χ3v) is 13.1. The van der Waals surface area contributed by atoms with Crippen LogP contribution in [0.1, 0.15) is 112 Å². The van der Waals surface area contributed by atoms with Crippen LogP contribution in [0.4, 0.5) is 10.1 Å². The van der Waals surface area contributed by atoms with Gasteiger partial charge in [0, 0.05) is 11.1 Å². The van der Waals surface area contributed by atoms with Gasteiger partial charge in [-0.3, -0.25) is 4.90 Å². The lowest BCUT2D eigenvalue weighted by Gasteiger charge is -2.65. The Labute approximate surface area is 236 Å². The molecule has 1 saturated heterocycles. The van der Waals surface area contributed by atoms with E-state index in [1.807, 2.05) is 12.1 Å². The first kappa shape index (κ1) is 27.0. The Hall–Kier alpha value is -1.16. The summed E-state index contributed by atoms with van der Waals surface area (Å²) in [6.07, 6.45) is 15.7. The summed E-state index contributed by atoms with van der Waals surface area (Å²) in [6, 6.07) is 7.23. The number of benzene rings is 1. The van der Waals surface area contributed by atoms with Crippen molar-refractivity contribution in [3.05, 3.63) is 30.1 Å². The van der Waals surface area contributed by atoms with Gasteiger partial charge in [0.05, 0.1) is 6.04 Å². The summed E-state index contributed by atoms with van der Waals surface area (Å²) < 4.78 is 20.8. The first-order valence-corrected chi connectivity index (χ1v) is 16.3. The lowest BCUT2D eigenvalue weighted by molar-refractivity contribution is -0.192. The second-order valence-corrected chi connectivity index (χ2v) is 15.2. The summed E-state index contributed by atoms with van der Waals surface area (Å²) in [6.45, 7) is 12.6. The maximum absolute atomic E-state index is 13.9. The van der Waals surface area contributed by atoms with Crippen molar-refractivity contribution in [1.82, 2.24) is 0 Å². The molecule has 1 aromatic carbocycles. The van der Waals surface area contributed by atoms with Crippen molar-refractivity contribution in [3.8, 4) is 0 Å². The van der Waals surface area contributed by atoms with Crippen molar-refractivity contribution >= 4 is 23.1 Å². The van der Waals surface area contributed by atoms with E-state index in [1.165, 1.54) is 70.6 Å². The summed E-state index contributed by atoms with van der Waals surface area (Å²) in [5.74, 6) is 4.57. The number of nitrogens with zero attached hydrogens (tertiary/aromatic N) is 1. The van der Waals surface area contributed by atoms with E-state index in [9.17, 15) is 4.39 Å². The van der Waals surface area contributed by atoms with Gasteiger partial charge >= 0.3 is 0 Å². The summed E-state index contributed by atoms with van der Waals surface area (Å²) in [7, 11) is 0. The highest BCUT2D eigenvalue weighted by Gasteiger charge is 2.72.